The molecule has 206 valence electrons. The first-order valence-electron chi connectivity index (χ1n) is 13.3. The van der Waals surface area contributed by atoms with Gasteiger partial charge in [0, 0.05) is 44.8 Å². The Morgan fingerprint density at radius 1 is 0.872 bits per heavy atom. The van der Waals surface area contributed by atoms with Crippen molar-refractivity contribution in [1.29, 1.82) is 0 Å². The zero-order valence-electron chi connectivity index (χ0n) is 22.5. The number of nitrogens with one attached hydrogen (secondary N) is 2. The van der Waals surface area contributed by atoms with E-state index in [1.165, 1.54) is 4.31 Å². The number of unbranched alkanes of at least 4 members (excludes halogenated alkanes) is 1. The van der Waals surface area contributed by atoms with Gasteiger partial charge >= 0.3 is 0 Å². The average molecular weight is 549 g/mol. The Morgan fingerprint density at radius 2 is 1.59 bits per heavy atom. The van der Waals surface area contributed by atoms with Crippen LogP contribution in [-0.2, 0) is 16.6 Å². The van der Waals surface area contributed by atoms with Gasteiger partial charge < -0.3 is 10.6 Å². The van der Waals surface area contributed by atoms with Crippen LogP contribution in [0.5, 0.6) is 0 Å². The van der Waals surface area contributed by atoms with Crippen LogP contribution in [0.3, 0.4) is 0 Å². The topological polar surface area (TPSA) is 98.8 Å². The Morgan fingerprint density at radius 3 is 2.31 bits per heavy atom. The molecular weight excluding hydrogens is 512 g/mol. The summed E-state index contributed by atoms with van der Waals surface area (Å²) in [6, 6.07) is 21.3. The van der Waals surface area contributed by atoms with Gasteiger partial charge in [0.25, 0.3) is 11.8 Å². The van der Waals surface area contributed by atoms with Gasteiger partial charge in [-0.3, -0.25) is 14.5 Å². The summed E-state index contributed by atoms with van der Waals surface area (Å²) in [6.07, 6.45) is 1.88. The highest BCUT2D eigenvalue weighted by Crippen LogP contribution is 2.20. The molecule has 1 aliphatic heterocycles. The number of para-hydroxylation sites is 1. The summed E-state index contributed by atoms with van der Waals surface area (Å²) in [5.74, 6) is -0.503. The van der Waals surface area contributed by atoms with Crippen LogP contribution >= 0.6 is 0 Å². The number of anilines is 1. The minimum Gasteiger partial charge on any atom is -0.352 e. The summed E-state index contributed by atoms with van der Waals surface area (Å²) in [6.45, 7) is 7.21. The number of carbonyl (C=O) groups excluding carboxylic acids is 2. The molecule has 4 rings (SSSR count). The summed E-state index contributed by atoms with van der Waals surface area (Å²) >= 11 is 0. The number of piperazine rings is 1. The lowest BCUT2D eigenvalue weighted by Gasteiger charge is -2.34. The van der Waals surface area contributed by atoms with E-state index < -0.39 is 10.0 Å². The van der Waals surface area contributed by atoms with Crippen molar-refractivity contribution in [3.05, 3.63) is 95.1 Å². The first-order valence-corrected chi connectivity index (χ1v) is 14.8. The Labute approximate surface area is 231 Å². The molecule has 1 heterocycles. The van der Waals surface area contributed by atoms with Crippen molar-refractivity contribution in [1.82, 2.24) is 14.5 Å². The monoisotopic (exact) mass is 548 g/mol. The van der Waals surface area contributed by atoms with Crippen molar-refractivity contribution in [3.8, 4) is 0 Å². The Balaban J connectivity index is 1.36. The van der Waals surface area contributed by atoms with Crippen molar-refractivity contribution in [3.63, 3.8) is 0 Å². The molecule has 0 radical (unpaired) electrons. The molecule has 1 aliphatic rings. The molecule has 2 amide bonds. The Kier molecular flexibility index (Phi) is 9.50. The summed E-state index contributed by atoms with van der Waals surface area (Å²) in [7, 11) is -3.51. The Bertz CT molecular complexity index is 1400. The van der Waals surface area contributed by atoms with Crippen LogP contribution in [0.2, 0.25) is 0 Å². The molecule has 0 bridgehead atoms. The van der Waals surface area contributed by atoms with Crippen LogP contribution in [0.15, 0.2) is 77.7 Å². The highest BCUT2D eigenvalue weighted by Gasteiger charge is 2.28. The van der Waals surface area contributed by atoms with Crippen LogP contribution in [0.25, 0.3) is 0 Å². The van der Waals surface area contributed by atoms with Crippen molar-refractivity contribution in [2.45, 2.75) is 38.1 Å². The molecule has 2 N–H and O–H groups in total. The maximum absolute atomic E-state index is 13.1. The highest BCUT2D eigenvalue weighted by molar-refractivity contribution is 7.89. The number of sulfonamides is 1. The lowest BCUT2D eigenvalue weighted by Crippen LogP contribution is -2.48. The van der Waals surface area contributed by atoms with Gasteiger partial charge in [0.15, 0.2) is 0 Å². The smallest absolute Gasteiger partial charge is 0.255 e. The number of amides is 2. The number of benzene rings is 3. The average Bonchev–Trinajstić information content (AvgIpc) is 2.94. The fourth-order valence-electron chi connectivity index (χ4n) is 4.51. The lowest BCUT2D eigenvalue weighted by atomic mass is 10.1. The molecule has 0 aromatic heterocycles. The van der Waals surface area contributed by atoms with Crippen molar-refractivity contribution in [2.75, 3.05) is 38.0 Å². The second-order valence-corrected chi connectivity index (χ2v) is 11.7. The van der Waals surface area contributed by atoms with Crippen LogP contribution in [-0.4, -0.2) is 62.2 Å². The van der Waals surface area contributed by atoms with Crippen LogP contribution < -0.4 is 10.6 Å². The van der Waals surface area contributed by atoms with E-state index >= 15 is 0 Å². The first-order chi connectivity index (χ1) is 18.8. The van der Waals surface area contributed by atoms with Crippen LogP contribution in [0.1, 0.15) is 51.6 Å². The lowest BCUT2D eigenvalue weighted by molar-refractivity contribution is 0.0954. The molecule has 0 saturated carbocycles. The predicted octanol–water partition coefficient (Wildman–Crippen LogP) is 4.28. The van der Waals surface area contributed by atoms with Gasteiger partial charge in [0.2, 0.25) is 10.0 Å². The second-order valence-electron chi connectivity index (χ2n) is 9.80. The van der Waals surface area contributed by atoms with Crippen molar-refractivity contribution in [2.24, 2.45) is 0 Å². The molecule has 0 aliphatic carbocycles. The van der Waals surface area contributed by atoms with E-state index in [0.29, 0.717) is 61.0 Å². The summed E-state index contributed by atoms with van der Waals surface area (Å²) in [4.78, 5) is 28.2. The number of aryl methyl sites for hydroxylation is 1. The molecule has 1 saturated heterocycles. The minimum atomic E-state index is -3.51. The standard InChI is InChI=1S/C30H36N4O4S/c1-3-4-16-31-30(36)27-10-5-6-11-28(27)32-29(35)25-9-7-8-24(21-25)22-33-17-19-34(20-18-33)39(37,38)26-14-12-23(2)13-15-26/h5-15,21H,3-4,16-20,22H2,1-2H3,(H,31,36)(H,32,35). The maximum atomic E-state index is 13.1. The van der Waals surface area contributed by atoms with E-state index in [0.717, 1.165) is 24.0 Å². The third kappa shape index (κ3) is 7.32. The van der Waals surface area contributed by atoms with Gasteiger partial charge in [-0.15, -0.1) is 0 Å². The number of nitrogens with zero attached hydrogens (tertiary/aromatic N) is 2. The third-order valence-electron chi connectivity index (χ3n) is 6.82. The van der Waals surface area contributed by atoms with E-state index in [-0.39, 0.29) is 11.8 Å². The highest BCUT2D eigenvalue weighted by atomic mass is 32.2. The molecule has 9 heteroatoms. The number of hydrogen-bond donors (Lipinski definition) is 2. The first kappa shape index (κ1) is 28.5. The van der Waals surface area contributed by atoms with Crippen LogP contribution in [0, 0.1) is 6.92 Å². The summed E-state index contributed by atoms with van der Waals surface area (Å²) in [5.41, 5.74) is 3.37. The van der Waals surface area contributed by atoms with E-state index in [1.807, 2.05) is 37.3 Å². The van der Waals surface area contributed by atoms with E-state index in [9.17, 15) is 18.0 Å². The van der Waals surface area contributed by atoms with Gasteiger partial charge in [-0.2, -0.15) is 4.31 Å². The van der Waals surface area contributed by atoms with E-state index in [2.05, 4.69) is 22.5 Å². The van der Waals surface area contributed by atoms with E-state index in [4.69, 9.17) is 0 Å². The molecule has 3 aromatic carbocycles. The zero-order valence-corrected chi connectivity index (χ0v) is 23.3. The van der Waals surface area contributed by atoms with Gasteiger partial charge in [-0.05, 0) is 55.3 Å². The summed E-state index contributed by atoms with van der Waals surface area (Å²) in [5, 5.41) is 5.78. The fraction of sp³-hybridized carbons (Fsp3) is 0.333. The number of rotatable bonds is 10. The zero-order chi connectivity index (χ0) is 27.8. The second kappa shape index (κ2) is 13.0. The Hall–Kier alpha value is -3.53. The molecule has 3 aromatic rings. The van der Waals surface area contributed by atoms with Gasteiger partial charge in [-0.1, -0.05) is 55.3 Å². The fourth-order valence-corrected chi connectivity index (χ4v) is 5.94. The molecule has 1 fully saturated rings. The van der Waals surface area contributed by atoms with Crippen LogP contribution in [0.4, 0.5) is 5.69 Å². The normalized spacial score (nSPS) is 14.6. The largest absolute Gasteiger partial charge is 0.352 e. The van der Waals surface area contributed by atoms with Gasteiger partial charge in [0.05, 0.1) is 16.1 Å². The number of hydrogen-bond acceptors (Lipinski definition) is 5. The summed E-state index contributed by atoms with van der Waals surface area (Å²) < 4.78 is 27.5. The quantitative estimate of drug-likeness (QED) is 0.369. The van der Waals surface area contributed by atoms with E-state index in [1.54, 1.807) is 42.5 Å². The SMILES string of the molecule is CCCCNC(=O)c1ccccc1NC(=O)c1cccc(CN2CCN(S(=O)(=O)c3ccc(C)cc3)CC2)c1. The molecule has 0 spiro atoms. The number of carbonyl (C=O) groups is 2. The molecule has 39 heavy (non-hydrogen) atoms. The van der Waals surface area contributed by atoms with Gasteiger partial charge in [0.1, 0.15) is 0 Å². The van der Waals surface area contributed by atoms with Crippen molar-refractivity contribution >= 4 is 27.5 Å². The maximum Gasteiger partial charge on any atom is 0.255 e. The molecule has 0 unspecified atom stereocenters. The molecular formula is C30H36N4O4S. The predicted molar refractivity (Wildman–Crippen MR) is 153 cm³/mol. The van der Waals surface area contributed by atoms with Crippen molar-refractivity contribution < 1.29 is 18.0 Å². The van der Waals surface area contributed by atoms with Gasteiger partial charge in [-0.25, -0.2) is 8.42 Å². The minimum absolute atomic E-state index is 0.211. The third-order valence-corrected chi connectivity index (χ3v) is 8.73. The molecule has 8 nitrogen and oxygen atoms in total. The molecule has 0 atom stereocenters.